The molecule has 0 aliphatic carbocycles. The lowest BCUT2D eigenvalue weighted by molar-refractivity contribution is 0.386. The zero-order valence-corrected chi connectivity index (χ0v) is 14.0. The molecule has 0 radical (unpaired) electrons. The number of pyridine rings is 2. The highest BCUT2D eigenvalue weighted by Crippen LogP contribution is 2.21. The number of anilines is 1. The average Bonchev–Trinajstić information content (AvgIpc) is 3.23. The third kappa shape index (κ3) is 3.21. The number of nitrogens with one attached hydrogen (secondary N) is 2. The van der Waals surface area contributed by atoms with Gasteiger partial charge in [0.15, 0.2) is 0 Å². The quantitative estimate of drug-likeness (QED) is 0.581. The Morgan fingerprint density at radius 3 is 2.92 bits per heavy atom. The molecule has 0 bridgehead atoms. The first-order valence-corrected chi connectivity index (χ1v) is 8.15. The molecule has 0 aromatic carbocycles. The van der Waals surface area contributed by atoms with E-state index >= 15 is 0 Å². The highest BCUT2D eigenvalue weighted by molar-refractivity contribution is 5.78. The van der Waals surface area contributed by atoms with Crippen LogP contribution in [0.5, 0.6) is 0 Å². The summed E-state index contributed by atoms with van der Waals surface area (Å²) in [6.07, 6.45) is 5.98. The molecule has 4 rings (SSSR count). The van der Waals surface area contributed by atoms with Crippen LogP contribution in [0.15, 0.2) is 47.4 Å². The Kier molecular flexibility index (Phi) is 3.89. The number of fused-ring (bicyclic) bond motifs is 1. The molecule has 7 heteroatoms. The normalized spacial score (nSPS) is 11.3. The van der Waals surface area contributed by atoms with Crippen LogP contribution >= 0.6 is 0 Å². The zero-order valence-electron chi connectivity index (χ0n) is 14.0. The van der Waals surface area contributed by atoms with Crippen molar-refractivity contribution in [1.82, 2.24) is 25.1 Å². The Hall–Kier alpha value is -3.22. The van der Waals surface area contributed by atoms with Gasteiger partial charge in [-0.2, -0.15) is 4.98 Å². The van der Waals surface area contributed by atoms with Crippen LogP contribution in [-0.2, 0) is 6.42 Å². The number of nitrogens with zero attached hydrogens (tertiary/aromatic N) is 4. The van der Waals surface area contributed by atoms with Gasteiger partial charge >= 0.3 is 0 Å². The molecule has 0 spiro atoms. The molecular weight excluding hydrogens is 316 g/mol. The molecule has 0 atom stereocenters. The van der Waals surface area contributed by atoms with E-state index in [0.717, 1.165) is 28.0 Å². The molecule has 4 heterocycles. The van der Waals surface area contributed by atoms with Gasteiger partial charge in [0.1, 0.15) is 5.82 Å². The summed E-state index contributed by atoms with van der Waals surface area (Å²) in [4.78, 5) is 16.4. The predicted octanol–water partition coefficient (Wildman–Crippen LogP) is 3.42. The second-order valence-corrected chi connectivity index (χ2v) is 6.13. The Bertz CT molecular complexity index is 986. The van der Waals surface area contributed by atoms with Gasteiger partial charge in [-0.15, -0.1) is 0 Å². The lowest BCUT2D eigenvalue weighted by atomic mass is 10.2. The number of H-pyrrole nitrogens is 1. The van der Waals surface area contributed by atoms with E-state index in [2.05, 4.69) is 44.3 Å². The minimum Gasteiger partial charge on any atom is -0.368 e. The van der Waals surface area contributed by atoms with Crippen molar-refractivity contribution in [1.29, 1.82) is 0 Å². The zero-order chi connectivity index (χ0) is 17.2. The molecule has 4 aromatic heterocycles. The molecule has 4 aromatic rings. The van der Waals surface area contributed by atoms with Gasteiger partial charge in [-0.1, -0.05) is 5.16 Å². The standard InChI is InChI=1S/C18H18N6O/c1-11(2)22-15-6-5-12(9-21-15)18-23-16(25-24-18)8-13-10-20-14-4-3-7-19-17(13)14/h3-7,9-11,20H,8H2,1-2H3,(H,21,22). The van der Waals surface area contributed by atoms with Crippen LogP contribution in [0, 0.1) is 0 Å². The van der Waals surface area contributed by atoms with Gasteiger partial charge in [-0.25, -0.2) is 4.98 Å². The van der Waals surface area contributed by atoms with Gasteiger partial charge in [-0.3, -0.25) is 4.98 Å². The molecule has 0 aliphatic heterocycles. The first-order chi connectivity index (χ1) is 12.2. The van der Waals surface area contributed by atoms with Crippen molar-refractivity contribution in [2.45, 2.75) is 26.3 Å². The van der Waals surface area contributed by atoms with E-state index in [4.69, 9.17) is 4.52 Å². The van der Waals surface area contributed by atoms with Gasteiger partial charge in [0, 0.05) is 35.8 Å². The summed E-state index contributed by atoms with van der Waals surface area (Å²) in [6.45, 7) is 4.14. The summed E-state index contributed by atoms with van der Waals surface area (Å²) in [5.74, 6) is 1.91. The van der Waals surface area contributed by atoms with Crippen LogP contribution < -0.4 is 5.32 Å². The maximum Gasteiger partial charge on any atom is 0.231 e. The third-order valence-corrected chi connectivity index (χ3v) is 3.78. The highest BCUT2D eigenvalue weighted by Gasteiger charge is 2.13. The summed E-state index contributed by atoms with van der Waals surface area (Å²) in [5.41, 5.74) is 3.77. The van der Waals surface area contributed by atoms with Crippen molar-refractivity contribution in [2.24, 2.45) is 0 Å². The first-order valence-electron chi connectivity index (χ1n) is 8.15. The summed E-state index contributed by atoms with van der Waals surface area (Å²) < 4.78 is 5.39. The van der Waals surface area contributed by atoms with Gasteiger partial charge in [-0.05, 0) is 38.1 Å². The van der Waals surface area contributed by atoms with E-state index in [1.165, 1.54) is 0 Å². The molecule has 0 unspecified atom stereocenters. The fourth-order valence-corrected chi connectivity index (χ4v) is 2.66. The van der Waals surface area contributed by atoms with Crippen LogP contribution in [0.25, 0.3) is 22.4 Å². The van der Waals surface area contributed by atoms with Crippen molar-refractivity contribution < 1.29 is 4.52 Å². The monoisotopic (exact) mass is 334 g/mol. The number of hydrogen-bond donors (Lipinski definition) is 2. The third-order valence-electron chi connectivity index (χ3n) is 3.78. The first kappa shape index (κ1) is 15.3. The van der Waals surface area contributed by atoms with Gasteiger partial charge in [0.2, 0.25) is 11.7 Å². The van der Waals surface area contributed by atoms with E-state index in [1.54, 1.807) is 12.4 Å². The van der Waals surface area contributed by atoms with Crippen LogP contribution in [0.2, 0.25) is 0 Å². The number of aromatic nitrogens is 5. The molecule has 2 N–H and O–H groups in total. The molecule has 126 valence electrons. The second kappa shape index (κ2) is 6.35. The second-order valence-electron chi connectivity index (χ2n) is 6.13. The van der Waals surface area contributed by atoms with E-state index in [-0.39, 0.29) is 0 Å². The number of rotatable bonds is 5. The lowest BCUT2D eigenvalue weighted by Crippen LogP contribution is -2.10. The maximum atomic E-state index is 5.39. The van der Waals surface area contributed by atoms with Gasteiger partial charge in [0.05, 0.1) is 17.5 Å². The number of aromatic amines is 1. The number of hydrogen-bond acceptors (Lipinski definition) is 6. The minimum atomic E-state index is 0.333. The molecule has 0 aliphatic rings. The average molecular weight is 334 g/mol. The van der Waals surface area contributed by atoms with Crippen LogP contribution in [0.4, 0.5) is 5.82 Å². The summed E-state index contributed by atoms with van der Waals surface area (Å²) in [5, 5.41) is 7.31. The van der Waals surface area contributed by atoms with Crippen molar-refractivity contribution in [3.05, 3.63) is 54.3 Å². The summed E-state index contributed by atoms with van der Waals surface area (Å²) in [6, 6.07) is 8.07. The Morgan fingerprint density at radius 2 is 2.12 bits per heavy atom. The Balaban J connectivity index is 1.54. The van der Waals surface area contributed by atoms with Crippen molar-refractivity contribution in [2.75, 3.05) is 5.32 Å². The lowest BCUT2D eigenvalue weighted by Gasteiger charge is -2.08. The van der Waals surface area contributed by atoms with Crippen LogP contribution in [0.3, 0.4) is 0 Å². The SMILES string of the molecule is CC(C)Nc1ccc(-c2noc(Cc3c[nH]c4cccnc34)n2)cn1. The predicted molar refractivity (Wildman–Crippen MR) is 95.2 cm³/mol. The molecule has 0 saturated carbocycles. The highest BCUT2D eigenvalue weighted by atomic mass is 16.5. The fourth-order valence-electron chi connectivity index (χ4n) is 2.66. The summed E-state index contributed by atoms with van der Waals surface area (Å²) >= 11 is 0. The van der Waals surface area contributed by atoms with E-state index in [1.807, 2.05) is 30.5 Å². The van der Waals surface area contributed by atoms with Crippen molar-refractivity contribution in [3.8, 4) is 11.4 Å². The van der Waals surface area contributed by atoms with Gasteiger partial charge < -0.3 is 14.8 Å². The van der Waals surface area contributed by atoms with E-state index < -0.39 is 0 Å². The molecule has 0 saturated heterocycles. The Morgan fingerprint density at radius 1 is 1.20 bits per heavy atom. The topological polar surface area (TPSA) is 92.5 Å². The minimum absolute atomic E-state index is 0.333. The largest absolute Gasteiger partial charge is 0.368 e. The summed E-state index contributed by atoms with van der Waals surface area (Å²) in [7, 11) is 0. The van der Waals surface area contributed by atoms with E-state index in [9.17, 15) is 0 Å². The van der Waals surface area contributed by atoms with Crippen molar-refractivity contribution in [3.63, 3.8) is 0 Å². The molecule has 0 fully saturated rings. The molecule has 0 amide bonds. The fraction of sp³-hybridized carbons (Fsp3) is 0.222. The van der Waals surface area contributed by atoms with Crippen molar-refractivity contribution >= 4 is 16.9 Å². The molecule has 7 nitrogen and oxygen atoms in total. The van der Waals surface area contributed by atoms with Gasteiger partial charge in [0.25, 0.3) is 0 Å². The van der Waals surface area contributed by atoms with E-state index in [0.29, 0.717) is 24.2 Å². The van der Waals surface area contributed by atoms with Crippen LogP contribution in [-0.4, -0.2) is 31.1 Å². The maximum absolute atomic E-state index is 5.39. The molecule has 25 heavy (non-hydrogen) atoms. The Labute approximate surface area is 144 Å². The smallest absolute Gasteiger partial charge is 0.231 e. The molecular formula is C18H18N6O. The van der Waals surface area contributed by atoms with Crippen LogP contribution in [0.1, 0.15) is 25.3 Å².